The van der Waals surface area contributed by atoms with Crippen LogP contribution in [0.4, 0.5) is 0 Å². The predicted molar refractivity (Wildman–Crippen MR) is 116 cm³/mol. The number of sulfonamides is 1. The SMILES string of the molecule is CC[C@@H]1CCCCN1S(=O)(=O)c1cc(CN2C(=O)[C@H]3CCCC[C@H]3C2=O)ccc1OC. The van der Waals surface area contributed by atoms with Gasteiger partial charge in [0.25, 0.3) is 0 Å². The fourth-order valence-corrected chi connectivity index (χ4v) is 7.39. The van der Waals surface area contributed by atoms with Crippen LogP contribution in [0.2, 0.25) is 0 Å². The highest BCUT2D eigenvalue weighted by molar-refractivity contribution is 7.89. The fourth-order valence-electron chi connectivity index (χ4n) is 5.42. The van der Waals surface area contributed by atoms with Crippen molar-refractivity contribution in [2.45, 2.75) is 75.8 Å². The van der Waals surface area contributed by atoms with Crippen molar-refractivity contribution in [3.05, 3.63) is 23.8 Å². The zero-order valence-corrected chi connectivity index (χ0v) is 19.2. The summed E-state index contributed by atoms with van der Waals surface area (Å²) in [5.41, 5.74) is 0.629. The highest BCUT2D eigenvalue weighted by Crippen LogP contribution is 2.39. The van der Waals surface area contributed by atoms with E-state index in [1.807, 2.05) is 6.92 Å². The lowest BCUT2D eigenvalue weighted by molar-refractivity contribution is -0.140. The van der Waals surface area contributed by atoms with Crippen LogP contribution >= 0.6 is 0 Å². The molecular weight excluding hydrogens is 416 g/mol. The van der Waals surface area contributed by atoms with E-state index in [0.717, 1.165) is 51.4 Å². The van der Waals surface area contributed by atoms with Crippen LogP contribution < -0.4 is 4.74 Å². The van der Waals surface area contributed by atoms with E-state index in [9.17, 15) is 18.0 Å². The quantitative estimate of drug-likeness (QED) is 0.624. The maximum absolute atomic E-state index is 13.6. The summed E-state index contributed by atoms with van der Waals surface area (Å²) < 4.78 is 34.1. The number of methoxy groups -OCH3 is 1. The molecule has 1 aromatic rings. The van der Waals surface area contributed by atoms with Crippen LogP contribution in [0, 0.1) is 11.8 Å². The molecule has 0 spiro atoms. The number of hydrogen-bond donors (Lipinski definition) is 0. The molecule has 4 rings (SSSR count). The number of imide groups is 1. The molecule has 0 bridgehead atoms. The first-order valence-electron chi connectivity index (χ1n) is 11.4. The molecule has 2 aliphatic heterocycles. The first kappa shape index (κ1) is 22.3. The van der Waals surface area contributed by atoms with Crippen molar-refractivity contribution >= 4 is 21.8 Å². The number of benzene rings is 1. The van der Waals surface area contributed by atoms with Crippen LogP contribution in [0.1, 0.15) is 63.9 Å². The molecule has 1 saturated carbocycles. The van der Waals surface area contributed by atoms with E-state index in [4.69, 9.17) is 4.74 Å². The second kappa shape index (κ2) is 8.90. The molecule has 0 aromatic heterocycles. The molecule has 2 heterocycles. The number of carbonyl (C=O) groups excluding carboxylic acids is 2. The van der Waals surface area contributed by atoms with E-state index >= 15 is 0 Å². The summed E-state index contributed by atoms with van der Waals surface area (Å²) in [5, 5.41) is 0. The zero-order chi connectivity index (χ0) is 22.2. The Morgan fingerprint density at radius 3 is 2.26 bits per heavy atom. The molecule has 0 N–H and O–H groups in total. The molecular formula is C23H32N2O5S. The molecule has 170 valence electrons. The van der Waals surface area contributed by atoms with Crippen molar-refractivity contribution in [1.82, 2.24) is 9.21 Å². The van der Waals surface area contributed by atoms with E-state index in [0.29, 0.717) is 12.1 Å². The highest BCUT2D eigenvalue weighted by atomic mass is 32.2. The predicted octanol–water partition coefficient (Wildman–Crippen LogP) is 3.32. The van der Waals surface area contributed by atoms with Crippen molar-refractivity contribution in [1.29, 1.82) is 0 Å². The molecule has 31 heavy (non-hydrogen) atoms. The topological polar surface area (TPSA) is 84.0 Å². The van der Waals surface area contributed by atoms with Gasteiger partial charge in [0.05, 0.1) is 25.5 Å². The van der Waals surface area contributed by atoms with Gasteiger partial charge < -0.3 is 4.74 Å². The first-order chi connectivity index (χ1) is 14.9. The average Bonchev–Trinajstić information content (AvgIpc) is 3.04. The Morgan fingerprint density at radius 2 is 1.65 bits per heavy atom. The molecule has 3 fully saturated rings. The summed E-state index contributed by atoms with van der Waals surface area (Å²) in [7, 11) is -2.29. The van der Waals surface area contributed by atoms with Gasteiger partial charge in [-0.1, -0.05) is 32.3 Å². The molecule has 7 nitrogen and oxygen atoms in total. The first-order valence-corrected chi connectivity index (χ1v) is 12.9. The van der Waals surface area contributed by atoms with E-state index in [1.165, 1.54) is 12.0 Å². The molecule has 0 radical (unpaired) electrons. The molecule has 2 amide bonds. The van der Waals surface area contributed by atoms with E-state index in [-0.39, 0.29) is 46.9 Å². The van der Waals surface area contributed by atoms with Gasteiger partial charge in [-0.05, 0) is 49.8 Å². The normalized spacial score (nSPS) is 27.4. The summed E-state index contributed by atoms with van der Waals surface area (Å²) in [4.78, 5) is 27.1. The van der Waals surface area contributed by atoms with Gasteiger partial charge in [-0.25, -0.2) is 8.42 Å². The van der Waals surface area contributed by atoms with Crippen LogP contribution in [-0.2, 0) is 26.2 Å². The zero-order valence-electron chi connectivity index (χ0n) is 18.4. The number of fused-ring (bicyclic) bond motifs is 1. The van der Waals surface area contributed by atoms with Gasteiger partial charge in [-0.2, -0.15) is 4.31 Å². The lowest BCUT2D eigenvalue weighted by Gasteiger charge is -2.34. The van der Waals surface area contributed by atoms with Crippen molar-refractivity contribution in [2.24, 2.45) is 11.8 Å². The average molecular weight is 449 g/mol. The second-order valence-corrected chi connectivity index (χ2v) is 10.8. The smallest absolute Gasteiger partial charge is 0.247 e. The maximum atomic E-state index is 13.6. The third-order valence-electron chi connectivity index (χ3n) is 7.13. The summed E-state index contributed by atoms with van der Waals surface area (Å²) in [6.07, 6.45) is 6.99. The minimum absolute atomic E-state index is 0.0167. The highest BCUT2D eigenvalue weighted by Gasteiger charge is 2.48. The Labute approximate surface area is 184 Å². The van der Waals surface area contributed by atoms with Crippen LogP contribution in [0.15, 0.2) is 23.1 Å². The summed E-state index contributed by atoms with van der Waals surface area (Å²) in [6.45, 7) is 2.62. The molecule has 3 atom stereocenters. The van der Waals surface area contributed by atoms with Crippen molar-refractivity contribution in [2.75, 3.05) is 13.7 Å². The molecule has 3 aliphatic rings. The minimum atomic E-state index is -3.75. The Kier molecular flexibility index (Phi) is 6.40. The molecule has 1 aromatic carbocycles. The number of hydrogen-bond acceptors (Lipinski definition) is 5. The summed E-state index contributed by atoms with van der Waals surface area (Å²) in [5.74, 6) is -0.353. The lowest BCUT2D eigenvalue weighted by Crippen LogP contribution is -2.43. The number of ether oxygens (including phenoxy) is 1. The van der Waals surface area contributed by atoms with Gasteiger partial charge in [0.2, 0.25) is 21.8 Å². The van der Waals surface area contributed by atoms with Crippen molar-refractivity contribution < 1.29 is 22.7 Å². The van der Waals surface area contributed by atoms with Crippen LogP contribution in [0.5, 0.6) is 5.75 Å². The number of rotatable bonds is 6. The molecule has 2 saturated heterocycles. The maximum Gasteiger partial charge on any atom is 0.247 e. The number of nitrogens with zero attached hydrogens (tertiary/aromatic N) is 2. The van der Waals surface area contributed by atoms with Gasteiger partial charge in [-0.15, -0.1) is 0 Å². The minimum Gasteiger partial charge on any atom is -0.495 e. The van der Waals surface area contributed by atoms with Gasteiger partial charge >= 0.3 is 0 Å². The molecule has 8 heteroatoms. The van der Waals surface area contributed by atoms with Crippen LogP contribution in [0.25, 0.3) is 0 Å². The molecule has 1 aliphatic carbocycles. The van der Waals surface area contributed by atoms with Crippen molar-refractivity contribution in [3.63, 3.8) is 0 Å². The number of piperidine rings is 1. The largest absolute Gasteiger partial charge is 0.495 e. The third-order valence-corrected chi connectivity index (χ3v) is 9.11. The molecule has 0 unspecified atom stereocenters. The monoisotopic (exact) mass is 448 g/mol. The Hall–Kier alpha value is -1.93. The third kappa shape index (κ3) is 4.00. The number of likely N-dealkylation sites (tertiary alicyclic amines) is 1. The van der Waals surface area contributed by atoms with Gasteiger partial charge in [0.15, 0.2) is 0 Å². The number of amides is 2. The fraction of sp³-hybridized carbons (Fsp3) is 0.652. The summed E-state index contributed by atoms with van der Waals surface area (Å²) >= 11 is 0. The summed E-state index contributed by atoms with van der Waals surface area (Å²) in [6, 6.07) is 4.94. The Balaban J connectivity index is 1.64. The van der Waals surface area contributed by atoms with Gasteiger partial charge in [0, 0.05) is 12.6 Å². The van der Waals surface area contributed by atoms with Crippen molar-refractivity contribution in [3.8, 4) is 5.75 Å². The van der Waals surface area contributed by atoms with Gasteiger partial charge in [0.1, 0.15) is 10.6 Å². The number of carbonyl (C=O) groups is 2. The second-order valence-electron chi connectivity index (χ2n) is 8.92. The standard InChI is InChI=1S/C23H32N2O5S/c1-3-17-8-6-7-13-25(17)31(28,29)21-14-16(11-12-20(21)30-2)15-24-22(26)18-9-4-5-10-19(18)23(24)27/h11-12,14,17-19H,3-10,13,15H2,1-2H3/t17-,18-,19+/m1/s1. The Bertz CT molecular complexity index is 937. The lowest BCUT2D eigenvalue weighted by atomic mass is 9.81. The van der Waals surface area contributed by atoms with Crippen LogP contribution in [-0.4, -0.2) is 49.1 Å². The van der Waals surface area contributed by atoms with Crippen LogP contribution in [0.3, 0.4) is 0 Å². The van der Waals surface area contributed by atoms with E-state index in [2.05, 4.69) is 0 Å². The van der Waals surface area contributed by atoms with E-state index < -0.39 is 10.0 Å². The Morgan fingerprint density at radius 1 is 1.00 bits per heavy atom. The van der Waals surface area contributed by atoms with Gasteiger partial charge in [-0.3, -0.25) is 14.5 Å². The van der Waals surface area contributed by atoms with E-state index in [1.54, 1.807) is 22.5 Å².